The second-order valence-corrected chi connectivity index (χ2v) is 6.82. The Labute approximate surface area is 105 Å². The van der Waals surface area contributed by atoms with Crippen LogP contribution in [-0.4, -0.2) is 5.78 Å². The molecule has 0 saturated heterocycles. The molecule has 0 fully saturated rings. The van der Waals surface area contributed by atoms with Crippen LogP contribution in [0.1, 0.15) is 19.4 Å². The van der Waals surface area contributed by atoms with Gasteiger partial charge in [0.1, 0.15) is 0 Å². The fourth-order valence-electron chi connectivity index (χ4n) is 1.56. The van der Waals surface area contributed by atoms with Gasteiger partial charge in [0.15, 0.2) is 0 Å². The summed E-state index contributed by atoms with van der Waals surface area (Å²) in [5, 5.41) is 2.06. The van der Waals surface area contributed by atoms with Crippen molar-refractivity contribution in [3.8, 4) is 0 Å². The number of carbonyl (C=O) groups excluding carboxylic acids is 1. The van der Waals surface area contributed by atoms with E-state index in [1.165, 1.54) is 14.3 Å². The highest BCUT2D eigenvalue weighted by atomic mass is 32.1. The lowest BCUT2D eigenvalue weighted by atomic mass is 10.3. The van der Waals surface area contributed by atoms with E-state index in [1.807, 2.05) is 25.1 Å². The standard InChI is InChI=1S/C12H8OS3/c1-7-2-3-9(15-7)12(13)11-6-10-8(16-11)4-5-14-10/h2-6H,1H3. The lowest BCUT2D eigenvalue weighted by Gasteiger charge is -1.90. The van der Waals surface area contributed by atoms with Crippen molar-refractivity contribution in [3.63, 3.8) is 0 Å². The van der Waals surface area contributed by atoms with Crippen molar-refractivity contribution in [2.45, 2.75) is 6.92 Å². The third-order valence-corrected chi connectivity index (χ3v) is 5.42. The number of fused-ring (bicyclic) bond motifs is 1. The van der Waals surface area contributed by atoms with E-state index in [9.17, 15) is 4.79 Å². The maximum Gasteiger partial charge on any atom is 0.212 e. The molecule has 3 aromatic rings. The van der Waals surface area contributed by atoms with E-state index in [4.69, 9.17) is 0 Å². The Bertz CT molecular complexity index is 628. The zero-order chi connectivity index (χ0) is 11.1. The summed E-state index contributed by atoms with van der Waals surface area (Å²) >= 11 is 4.83. The molecule has 0 bridgehead atoms. The van der Waals surface area contributed by atoms with Crippen LogP contribution in [0.25, 0.3) is 9.40 Å². The third kappa shape index (κ3) is 1.63. The molecule has 4 heteroatoms. The molecule has 0 unspecified atom stereocenters. The molecule has 0 saturated carbocycles. The highest BCUT2D eigenvalue weighted by Gasteiger charge is 2.14. The summed E-state index contributed by atoms with van der Waals surface area (Å²) in [6, 6.07) is 7.98. The smallest absolute Gasteiger partial charge is 0.212 e. The van der Waals surface area contributed by atoms with Crippen molar-refractivity contribution >= 4 is 49.2 Å². The lowest BCUT2D eigenvalue weighted by Crippen LogP contribution is -1.93. The van der Waals surface area contributed by atoms with E-state index in [0.717, 1.165) is 9.75 Å². The Morgan fingerprint density at radius 2 is 1.94 bits per heavy atom. The predicted octanol–water partition coefficient (Wildman–Crippen LogP) is 4.56. The summed E-state index contributed by atoms with van der Waals surface area (Å²) < 4.78 is 2.42. The van der Waals surface area contributed by atoms with Crippen LogP contribution in [0.15, 0.2) is 29.6 Å². The first-order valence-corrected chi connectivity index (χ1v) is 7.33. The number of ketones is 1. The zero-order valence-electron chi connectivity index (χ0n) is 8.52. The summed E-state index contributed by atoms with van der Waals surface area (Å²) in [4.78, 5) is 15.0. The Morgan fingerprint density at radius 1 is 1.06 bits per heavy atom. The first-order chi connectivity index (χ1) is 7.74. The van der Waals surface area contributed by atoms with Gasteiger partial charge in [0, 0.05) is 14.3 Å². The molecule has 0 spiro atoms. The Morgan fingerprint density at radius 3 is 2.62 bits per heavy atom. The SMILES string of the molecule is Cc1ccc(C(=O)c2cc3sccc3s2)s1. The van der Waals surface area contributed by atoms with E-state index in [0.29, 0.717) is 0 Å². The van der Waals surface area contributed by atoms with Gasteiger partial charge in [-0.05, 0) is 36.6 Å². The summed E-state index contributed by atoms with van der Waals surface area (Å²) in [5.74, 6) is 0.159. The van der Waals surface area contributed by atoms with Crippen molar-refractivity contribution in [1.82, 2.24) is 0 Å². The number of aryl methyl sites for hydroxylation is 1. The topological polar surface area (TPSA) is 17.1 Å². The van der Waals surface area contributed by atoms with Crippen molar-refractivity contribution in [2.75, 3.05) is 0 Å². The molecule has 0 aliphatic rings. The fraction of sp³-hybridized carbons (Fsp3) is 0.0833. The molecule has 0 aliphatic heterocycles. The normalized spacial score (nSPS) is 11.1. The summed E-state index contributed by atoms with van der Waals surface area (Å²) in [5.41, 5.74) is 0. The van der Waals surface area contributed by atoms with Gasteiger partial charge < -0.3 is 0 Å². The number of carbonyl (C=O) groups is 1. The fourth-order valence-corrected chi connectivity index (χ4v) is 4.50. The van der Waals surface area contributed by atoms with Gasteiger partial charge in [-0.1, -0.05) is 0 Å². The van der Waals surface area contributed by atoms with Gasteiger partial charge in [-0.25, -0.2) is 0 Å². The predicted molar refractivity (Wildman–Crippen MR) is 72.2 cm³/mol. The van der Waals surface area contributed by atoms with Crippen LogP contribution in [0.4, 0.5) is 0 Å². The van der Waals surface area contributed by atoms with Gasteiger partial charge in [-0.3, -0.25) is 4.79 Å². The van der Waals surface area contributed by atoms with Crippen LogP contribution >= 0.6 is 34.0 Å². The van der Waals surface area contributed by atoms with Gasteiger partial charge >= 0.3 is 0 Å². The van der Waals surface area contributed by atoms with Gasteiger partial charge in [-0.2, -0.15) is 0 Å². The molecule has 3 heterocycles. The average molecular weight is 264 g/mol. The van der Waals surface area contributed by atoms with Gasteiger partial charge in [0.05, 0.1) is 9.75 Å². The van der Waals surface area contributed by atoms with E-state index < -0.39 is 0 Å². The molecule has 0 radical (unpaired) electrons. The molecule has 80 valence electrons. The van der Waals surface area contributed by atoms with Crippen LogP contribution in [0.5, 0.6) is 0 Å². The molecule has 0 amide bonds. The molecule has 16 heavy (non-hydrogen) atoms. The van der Waals surface area contributed by atoms with Crippen molar-refractivity contribution in [2.24, 2.45) is 0 Å². The molecule has 3 rings (SSSR count). The first kappa shape index (κ1) is 10.2. The summed E-state index contributed by atoms with van der Waals surface area (Å²) in [6.07, 6.45) is 0. The van der Waals surface area contributed by atoms with Crippen LogP contribution in [0.3, 0.4) is 0 Å². The Hall–Kier alpha value is -0.970. The molecule has 3 aromatic heterocycles. The van der Waals surface area contributed by atoms with E-state index in [1.54, 1.807) is 34.0 Å². The average Bonchev–Trinajstić information content (AvgIpc) is 2.89. The molecule has 1 nitrogen and oxygen atoms in total. The van der Waals surface area contributed by atoms with Crippen molar-refractivity contribution in [3.05, 3.63) is 44.3 Å². The van der Waals surface area contributed by atoms with Crippen molar-refractivity contribution in [1.29, 1.82) is 0 Å². The molecule has 0 atom stereocenters. The number of hydrogen-bond donors (Lipinski definition) is 0. The van der Waals surface area contributed by atoms with E-state index >= 15 is 0 Å². The monoisotopic (exact) mass is 264 g/mol. The minimum atomic E-state index is 0.159. The van der Waals surface area contributed by atoms with Gasteiger partial charge in [0.25, 0.3) is 0 Å². The van der Waals surface area contributed by atoms with E-state index in [2.05, 4.69) is 11.4 Å². The van der Waals surface area contributed by atoms with Crippen LogP contribution < -0.4 is 0 Å². The minimum Gasteiger partial charge on any atom is -0.287 e. The van der Waals surface area contributed by atoms with E-state index in [-0.39, 0.29) is 5.78 Å². The lowest BCUT2D eigenvalue weighted by molar-refractivity contribution is 0.104. The van der Waals surface area contributed by atoms with Crippen LogP contribution in [0, 0.1) is 6.92 Å². The summed E-state index contributed by atoms with van der Waals surface area (Å²) in [7, 11) is 0. The largest absolute Gasteiger partial charge is 0.287 e. The molecule has 0 N–H and O–H groups in total. The maximum absolute atomic E-state index is 12.2. The summed E-state index contributed by atoms with van der Waals surface area (Å²) in [6.45, 7) is 2.02. The quantitative estimate of drug-likeness (QED) is 0.620. The Kier molecular flexibility index (Phi) is 2.42. The van der Waals surface area contributed by atoms with Gasteiger partial charge in [-0.15, -0.1) is 34.0 Å². The van der Waals surface area contributed by atoms with Gasteiger partial charge in [0.2, 0.25) is 5.78 Å². The highest BCUT2D eigenvalue weighted by Crippen LogP contribution is 2.32. The number of thiophene rings is 3. The second-order valence-electron chi connectivity index (χ2n) is 3.50. The van der Waals surface area contributed by atoms with Crippen molar-refractivity contribution < 1.29 is 4.79 Å². The molecular formula is C12H8OS3. The van der Waals surface area contributed by atoms with Crippen LogP contribution in [0.2, 0.25) is 0 Å². The third-order valence-electron chi connectivity index (χ3n) is 2.33. The molecule has 0 aromatic carbocycles. The highest BCUT2D eigenvalue weighted by molar-refractivity contribution is 7.28. The molecular weight excluding hydrogens is 256 g/mol. The second kappa shape index (κ2) is 3.80. The Balaban J connectivity index is 2.04. The first-order valence-electron chi connectivity index (χ1n) is 4.82. The maximum atomic E-state index is 12.2. The number of rotatable bonds is 2. The van der Waals surface area contributed by atoms with Crippen LogP contribution in [-0.2, 0) is 0 Å². The molecule has 0 aliphatic carbocycles. The zero-order valence-corrected chi connectivity index (χ0v) is 11.0. The minimum absolute atomic E-state index is 0.159. The number of hydrogen-bond acceptors (Lipinski definition) is 4.